The highest BCUT2D eigenvalue weighted by Crippen LogP contribution is 2.22. The van der Waals surface area contributed by atoms with Crippen LogP contribution >= 0.6 is 11.3 Å². The molecule has 148 valence electrons. The van der Waals surface area contributed by atoms with Gasteiger partial charge in [0.1, 0.15) is 0 Å². The van der Waals surface area contributed by atoms with Crippen LogP contribution in [0.25, 0.3) is 6.08 Å². The molecule has 0 bridgehead atoms. The molecule has 6 heteroatoms. The Hall–Kier alpha value is -2.47. The first-order valence-electron chi connectivity index (χ1n) is 9.89. The molecule has 3 rings (SSSR count). The molecule has 5 nitrogen and oxygen atoms in total. The summed E-state index contributed by atoms with van der Waals surface area (Å²) in [4.78, 5) is 32.5. The number of hydrogen-bond acceptors (Lipinski definition) is 5. The van der Waals surface area contributed by atoms with Crippen LogP contribution in [0, 0.1) is 0 Å². The maximum absolute atomic E-state index is 12.5. The minimum Gasteiger partial charge on any atom is -0.372 e. The van der Waals surface area contributed by atoms with E-state index in [-0.39, 0.29) is 11.7 Å². The van der Waals surface area contributed by atoms with Crippen LogP contribution in [-0.2, 0) is 4.79 Å². The molecule has 1 saturated heterocycles. The Morgan fingerprint density at radius 2 is 1.82 bits per heavy atom. The number of carbonyl (C=O) groups is 2. The highest BCUT2D eigenvalue weighted by atomic mass is 32.1. The van der Waals surface area contributed by atoms with Crippen LogP contribution in [0.1, 0.15) is 55.6 Å². The Morgan fingerprint density at radius 1 is 1.14 bits per heavy atom. The molecule has 1 amide bonds. The monoisotopic (exact) mass is 397 g/mol. The summed E-state index contributed by atoms with van der Waals surface area (Å²) < 4.78 is 0. The number of thiazole rings is 1. The van der Waals surface area contributed by atoms with Crippen molar-refractivity contribution in [1.29, 1.82) is 0 Å². The Balaban J connectivity index is 1.64. The van der Waals surface area contributed by atoms with Crippen LogP contribution in [-0.4, -0.2) is 36.3 Å². The van der Waals surface area contributed by atoms with E-state index >= 15 is 0 Å². The van der Waals surface area contributed by atoms with Gasteiger partial charge in [-0.25, -0.2) is 4.98 Å². The van der Waals surface area contributed by atoms with E-state index in [1.54, 1.807) is 17.1 Å². The third-order valence-corrected chi connectivity index (χ3v) is 5.85. The van der Waals surface area contributed by atoms with Crippen molar-refractivity contribution >= 4 is 39.9 Å². The summed E-state index contributed by atoms with van der Waals surface area (Å²) in [5, 5.41) is 2.51. The molecule has 2 heterocycles. The van der Waals surface area contributed by atoms with Crippen LogP contribution in [0.3, 0.4) is 0 Å². The first-order valence-corrected chi connectivity index (χ1v) is 10.8. The number of rotatable bonds is 6. The summed E-state index contributed by atoms with van der Waals surface area (Å²) in [5.74, 6) is -0.0798. The van der Waals surface area contributed by atoms with Crippen LogP contribution in [0.2, 0.25) is 0 Å². The van der Waals surface area contributed by atoms with Crippen LogP contribution in [0.5, 0.6) is 0 Å². The Bertz CT molecular complexity index is 834. The number of benzene rings is 1. The molecule has 0 aliphatic carbocycles. The fraction of sp³-hybridized carbons (Fsp3) is 0.409. The summed E-state index contributed by atoms with van der Waals surface area (Å²) in [6, 6.07) is 7.88. The topological polar surface area (TPSA) is 53.5 Å². The molecular formula is C22H27N3O2S. The number of hydrogen-bond donors (Lipinski definition) is 0. The molecule has 0 atom stereocenters. The van der Waals surface area contributed by atoms with E-state index in [9.17, 15) is 9.59 Å². The number of anilines is 2. The summed E-state index contributed by atoms with van der Waals surface area (Å²) in [5.41, 5.74) is 2.55. The highest BCUT2D eigenvalue weighted by molar-refractivity contribution is 7.14. The molecule has 28 heavy (non-hydrogen) atoms. The number of aromatic nitrogens is 1. The van der Waals surface area contributed by atoms with Gasteiger partial charge >= 0.3 is 0 Å². The van der Waals surface area contributed by atoms with Gasteiger partial charge < -0.3 is 4.90 Å². The van der Waals surface area contributed by atoms with Gasteiger partial charge in [0.2, 0.25) is 5.91 Å². The second-order valence-electron chi connectivity index (χ2n) is 6.96. The van der Waals surface area contributed by atoms with Gasteiger partial charge in [0.05, 0.1) is 5.69 Å². The van der Waals surface area contributed by atoms with E-state index in [4.69, 9.17) is 0 Å². The van der Waals surface area contributed by atoms with Crippen LogP contribution < -0.4 is 9.80 Å². The largest absolute Gasteiger partial charge is 0.372 e. The predicted molar refractivity (Wildman–Crippen MR) is 116 cm³/mol. The van der Waals surface area contributed by atoms with E-state index in [1.165, 1.54) is 49.6 Å². The molecule has 0 radical (unpaired) electrons. The summed E-state index contributed by atoms with van der Waals surface area (Å²) in [6.07, 6.45) is 8.33. The third-order valence-electron chi connectivity index (χ3n) is 4.97. The van der Waals surface area contributed by atoms with Crippen molar-refractivity contribution in [3.8, 4) is 0 Å². The Kier molecular flexibility index (Phi) is 6.98. The van der Waals surface area contributed by atoms with Crippen molar-refractivity contribution in [3.63, 3.8) is 0 Å². The molecule has 1 aliphatic heterocycles. The standard InChI is InChI=1S/C22H27N3O2S/c1-3-25(17(2)26)22-23-19(16-28-22)10-13-21(27)18-8-11-20(12-9-18)24-14-6-4-5-7-15-24/h8-13,16H,3-7,14-15H2,1-2H3/b13-10+. The lowest BCUT2D eigenvalue weighted by Gasteiger charge is -2.22. The number of nitrogens with zero attached hydrogens (tertiary/aromatic N) is 3. The fourth-order valence-corrected chi connectivity index (χ4v) is 4.29. The van der Waals surface area contributed by atoms with Crippen molar-refractivity contribution in [2.75, 3.05) is 29.4 Å². The maximum Gasteiger partial charge on any atom is 0.225 e. The lowest BCUT2D eigenvalue weighted by Crippen LogP contribution is -2.27. The van der Waals surface area contributed by atoms with E-state index in [2.05, 4.69) is 9.88 Å². The minimum atomic E-state index is -0.0455. The van der Waals surface area contributed by atoms with Crippen LogP contribution in [0.15, 0.2) is 35.7 Å². The number of carbonyl (C=O) groups excluding carboxylic acids is 2. The number of ketones is 1. The molecular weight excluding hydrogens is 370 g/mol. The van der Waals surface area contributed by atoms with Gasteiger partial charge in [-0.15, -0.1) is 11.3 Å². The first-order chi connectivity index (χ1) is 13.6. The molecule has 0 unspecified atom stereocenters. The van der Waals surface area contributed by atoms with Gasteiger partial charge in [-0.1, -0.05) is 12.8 Å². The number of amides is 1. The van der Waals surface area contributed by atoms with E-state index in [1.807, 2.05) is 36.6 Å². The van der Waals surface area contributed by atoms with Gasteiger partial charge in [0, 0.05) is 43.2 Å². The van der Waals surface area contributed by atoms with E-state index in [0.717, 1.165) is 13.1 Å². The molecule has 0 N–H and O–H groups in total. The molecule has 1 aliphatic rings. The highest BCUT2D eigenvalue weighted by Gasteiger charge is 2.13. The van der Waals surface area contributed by atoms with Crippen molar-refractivity contribution in [2.45, 2.75) is 39.5 Å². The average Bonchev–Trinajstić information content (AvgIpc) is 2.98. The van der Waals surface area contributed by atoms with Gasteiger partial charge in [-0.3, -0.25) is 14.5 Å². The molecule has 1 fully saturated rings. The fourth-order valence-electron chi connectivity index (χ4n) is 3.39. The predicted octanol–water partition coefficient (Wildman–Crippen LogP) is 4.79. The summed E-state index contributed by atoms with van der Waals surface area (Å²) >= 11 is 1.40. The summed E-state index contributed by atoms with van der Waals surface area (Å²) in [6.45, 7) is 6.20. The SMILES string of the molecule is CCN(C(C)=O)c1nc(/C=C/C(=O)c2ccc(N3CCCCCC3)cc2)cs1. The minimum absolute atomic E-state index is 0.0343. The average molecular weight is 398 g/mol. The second-order valence-corrected chi connectivity index (χ2v) is 7.80. The lowest BCUT2D eigenvalue weighted by molar-refractivity contribution is -0.116. The zero-order chi connectivity index (χ0) is 19.9. The van der Waals surface area contributed by atoms with Crippen molar-refractivity contribution < 1.29 is 9.59 Å². The summed E-state index contributed by atoms with van der Waals surface area (Å²) in [7, 11) is 0. The van der Waals surface area contributed by atoms with Crippen molar-refractivity contribution in [3.05, 3.63) is 47.0 Å². The van der Waals surface area contributed by atoms with Gasteiger partial charge in [0.25, 0.3) is 0 Å². The Morgan fingerprint density at radius 3 is 2.43 bits per heavy atom. The zero-order valence-corrected chi connectivity index (χ0v) is 17.4. The molecule has 0 saturated carbocycles. The number of allylic oxidation sites excluding steroid dienone is 1. The second kappa shape index (κ2) is 9.64. The van der Waals surface area contributed by atoms with Gasteiger partial charge in [-0.2, -0.15) is 0 Å². The third kappa shape index (κ3) is 5.07. The lowest BCUT2D eigenvalue weighted by atomic mass is 10.1. The molecule has 1 aromatic heterocycles. The quantitative estimate of drug-likeness (QED) is 0.519. The maximum atomic E-state index is 12.5. The van der Waals surface area contributed by atoms with Crippen LogP contribution in [0.4, 0.5) is 10.8 Å². The normalized spacial score (nSPS) is 14.9. The molecule has 0 spiro atoms. The molecule has 2 aromatic rings. The zero-order valence-electron chi connectivity index (χ0n) is 16.6. The molecule has 1 aromatic carbocycles. The first kappa shape index (κ1) is 20.3. The smallest absolute Gasteiger partial charge is 0.225 e. The van der Waals surface area contributed by atoms with Gasteiger partial charge in [-0.05, 0) is 56.2 Å². The van der Waals surface area contributed by atoms with Gasteiger partial charge in [0.15, 0.2) is 10.9 Å². The van der Waals surface area contributed by atoms with E-state index in [0.29, 0.717) is 22.9 Å². The van der Waals surface area contributed by atoms with Crippen molar-refractivity contribution in [2.24, 2.45) is 0 Å². The van der Waals surface area contributed by atoms with Crippen molar-refractivity contribution in [1.82, 2.24) is 4.98 Å². The Labute approximate surface area is 170 Å². The van der Waals surface area contributed by atoms with E-state index < -0.39 is 0 Å².